The van der Waals surface area contributed by atoms with Gasteiger partial charge in [-0.25, -0.2) is 4.39 Å². The molecular formula is C15H15ClFNO. The first-order valence-corrected chi connectivity index (χ1v) is 6.46. The second kappa shape index (κ2) is 7.12. The van der Waals surface area contributed by atoms with E-state index in [4.69, 9.17) is 16.3 Å². The van der Waals surface area contributed by atoms with Crippen LogP contribution in [-0.4, -0.2) is 13.2 Å². The second-order valence-corrected chi connectivity index (χ2v) is 4.48. The number of halogens is 2. The predicted octanol–water partition coefficient (Wildman–Crippen LogP) is 3.65. The molecule has 0 radical (unpaired) electrons. The van der Waals surface area contributed by atoms with Crippen LogP contribution in [0, 0.1) is 5.82 Å². The minimum atomic E-state index is -0.276. The quantitative estimate of drug-likeness (QED) is 0.815. The minimum absolute atomic E-state index is 0.276. The highest BCUT2D eigenvalue weighted by Crippen LogP contribution is 2.16. The number of rotatable bonds is 6. The summed E-state index contributed by atoms with van der Waals surface area (Å²) in [6, 6.07) is 14.0. The Morgan fingerprint density at radius 1 is 1.11 bits per heavy atom. The van der Waals surface area contributed by atoms with Gasteiger partial charge in [-0.2, -0.15) is 0 Å². The summed E-state index contributed by atoms with van der Waals surface area (Å²) in [6.07, 6.45) is 0. The molecule has 0 atom stereocenters. The molecule has 0 bridgehead atoms. The smallest absolute Gasteiger partial charge is 0.123 e. The monoisotopic (exact) mass is 279 g/mol. The van der Waals surface area contributed by atoms with Crippen LogP contribution in [0.1, 0.15) is 5.56 Å². The summed E-state index contributed by atoms with van der Waals surface area (Å²) in [4.78, 5) is 0. The predicted molar refractivity (Wildman–Crippen MR) is 75.1 cm³/mol. The standard InChI is InChI=1S/C15H15ClFNO/c16-15-7-6-13(17)10-12(15)11-18-8-9-19-14-4-2-1-3-5-14/h1-7,10,18H,8-9,11H2. The summed E-state index contributed by atoms with van der Waals surface area (Å²) < 4.78 is 18.6. The Bertz CT molecular complexity index is 519. The highest BCUT2D eigenvalue weighted by atomic mass is 35.5. The number of benzene rings is 2. The topological polar surface area (TPSA) is 21.3 Å². The van der Waals surface area contributed by atoms with Crippen molar-refractivity contribution < 1.29 is 9.13 Å². The molecule has 0 aliphatic carbocycles. The van der Waals surface area contributed by atoms with Gasteiger partial charge in [0.15, 0.2) is 0 Å². The van der Waals surface area contributed by atoms with Gasteiger partial charge in [-0.1, -0.05) is 29.8 Å². The van der Waals surface area contributed by atoms with Gasteiger partial charge in [0.2, 0.25) is 0 Å². The normalized spacial score (nSPS) is 10.4. The molecule has 0 saturated heterocycles. The van der Waals surface area contributed by atoms with Crippen molar-refractivity contribution in [1.82, 2.24) is 5.32 Å². The van der Waals surface area contributed by atoms with Gasteiger partial charge in [0.1, 0.15) is 18.2 Å². The van der Waals surface area contributed by atoms with E-state index >= 15 is 0 Å². The summed E-state index contributed by atoms with van der Waals surface area (Å²) >= 11 is 5.97. The largest absolute Gasteiger partial charge is 0.492 e. The molecule has 2 rings (SSSR count). The van der Waals surface area contributed by atoms with Gasteiger partial charge in [-0.15, -0.1) is 0 Å². The maximum absolute atomic E-state index is 13.0. The fourth-order valence-corrected chi connectivity index (χ4v) is 1.84. The highest BCUT2D eigenvalue weighted by Gasteiger charge is 2.01. The first-order valence-electron chi connectivity index (χ1n) is 6.08. The lowest BCUT2D eigenvalue weighted by molar-refractivity contribution is 0.313. The fourth-order valence-electron chi connectivity index (χ4n) is 1.66. The Balaban J connectivity index is 1.71. The van der Waals surface area contributed by atoms with Crippen molar-refractivity contribution in [3.8, 4) is 5.75 Å². The molecule has 0 saturated carbocycles. The lowest BCUT2D eigenvalue weighted by Crippen LogP contribution is -2.20. The van der Waals surface area contributed by atoms with Crippen LogP contribution >= 0.6 is 11.6 Å². The van der Waals surface area contributed by atoms with E-state index in [1.54, 1.807) is 6.07 Å². The Morgan fingerprint density at radius 2 is 1.89 bits per heavy atom. The van der Waals surface area contributed by atoms with Crippen molar-refractivity contribution in [2.75, 3.05) is 13.2 Å². The maximum atomic E-state index is 13.0. The Kier molecular flexibility index (Phi) is 5.19. The van der Waals surface area contributed by atoms with Crippen molar-refractivity contribution in [3.05, 3.63) is 64.9 Å². The van der Waals surface area contributed by atoms with E-state index < -0.39 is 0 Å². The fraction of sp³-hybridized carbons (Fsp3) is 0.200. The molecule has 0 aliphatic heterocycles. The molecule has 100 valence electrons. The van der Waals surface area contributed by atoms with E-state index in [-0.39, 0.29) is 5.82 Å². The highest BCUT2D eigenvalue weighted by molar-refractivity contribution is 6.31. The summed E-state index contributed by atoms with van der Waals surface area (Å²) in [5.74, 6) is 0.565. The van der Waals surface area contributed by atoms with Crippen LogP contribution in [0.2, 0.25) is 5.02 Å². The SMILES string of the molecule is Fc1ccc(Cl)c(CNCCOc2ccccc2)c1. The van der Waals surface area contributed by atoms with E-state index in [0.717, 1.165) is 11.3 Å². The van der Waals surface area contributed by atoms with E-state index in [9.17, 15) is 4.39 Å². The van der Waals surface area contributed by atoms with Crippen LogP contribution in [0.25, 0.3) is 0 Å². The molecule has 0 fully saturated rings. The van der Waals surface area contributed by atoms with Crippen LogP contribution in [0.5, 0.6) is 5.75 Å². The van der Waals surface area contributed by atoms with Crippen molar-refractivity contribution in [2.24, 2.45) is 0 Å². The number of hydrogen-bond acceptors (Lipinski definition) is 2. The van der Waals surface area contributed by atoms with Gasteiger partial charge in [0.25, 0.3) is 0 Å². The Hall–Kier alpha value is -1.58. The molecular weight excluding hydrogens is 265 g/mol. The molecule has 1 N–H and O–H groups in total. The number of ether oxygens (including phenoxy) is 1. The molecule has 0 aliphatic rings. The van der Waals surface area contributed by atoms with Gasteiger partial charge in [-0.05, 0) is 35.9 Å². The first-order chi connectivity index (χ1) is 9.25. The van der Waals surface area contributed by atoms with Crippen LogP contribution in [-0.2, 0) is 6.54 Å². The van der Waals surface area contributed by atoms with E-state index in [0.29, 0.717) is 24.7 Å². The van der Waals surface area contributed by atoms with Gasteiger partial charge in [0.05, 0.1) is 0 Å². The van der Waals surface area contributed by atoms with E-state index in [1.807, 2.05) is 30.3 Å². The molecule has 0 spiro atoms. The molecule has 0 aromatic heterocycles. The van der Waals surface area contributed by atoms with Crippen LogP contribution in [0.15, 0.2) is 48.5 Å². The lowest BCUT2D eigenvalue weighted by Gasteiger charge is -2.08. The van der Waals surface area contributed by atoms with Crippen LogP contribution in [0.4, 0.5) is 4.39 Å². The third-order valence-corrected chi connectivity index (χ3v) is 2.98. The van der Waals surface area contributed by atoms with Crippen molar-refractivity contribution in [2.45, 2.75) is 6.54 Å². The van der Waals surface area contributed by atoms with E-state index in [1.165, 1.54) is 12.1 Å². The molecule has 0 amide bonds. The van der Waals surface area contributed by atoms with Crippen molar-refractivity contribution in [1.29, 1.82) is 0 Å². The van der Waals surface area contributed by atoms with Gasteiger partial charge >= 0.3 is 0 Å². The summed E-state index contributed by atoms with van der Waals surface area (Å²) in [6.45, 7) is 1.74. The Morgan fingerprint density at radius 3 is 2.68 bits per heavy atom. The summed E-state index contributed by atoms with van der Waals surface area (Å²) in [5, 5.41) is 3.73. The van der Waals surface area contributed by atoms with Crippen LogP contribution in [0.3, 0.4) is 0 Å². The third kappa shape index (κ3) is 4.54. The molecule has 0 heterocycles. The minimum Gasteiger partial charge on any atom is -0.492 e. The van der Waals surface area contributed by atoms with Gasteiger partial charge < -0.3 is 10.1 Å². The molecule has 4 heteroatoms. The number of para-hydroxylation sites is 1. The molecule has 19 heavy (non-hydrogen) atoms. The second-order valence-electron chi connectivity index (χ2n) is 4.07. The summed E-state index contributed by atoms with van der Waals surface area (Å²) in [7, 11) is 0. The molecule has 2 aromatic rings. The van der Waals surface area contributed by atoms with Gasteiger partial charge in [0, 0.05) is 18.1 Å². The molecule has 2 aromatic carbocycles. The third-order valence-electron chi connectivity index (χ3n) is 2.61. The lowest BCUT2D eigenvalue weighted by atomic mass is 10.2. The first kappa shape index (κ1) is 13.8. The number of nitrogens with one attached hydrogen (secondary N) is 1. The average molecular weight is 280 g/mol. The molecule has 0 unspecified atom stereocenters. The van der Waals surface area contributed by atoms with Crippen LogP contribution < -0.4 is 10.1 Å². The average Bonchev–Trinajstić information content (AvgIpc) is 2.43. The van der Waals surface area contributed by atoms with E-state index in [2.05, 4.69) is 5.32 Å². The zero-order valence-corrected chi connectivity index (χ0v) is 11.2. The maximum Gasteiger partial charge on any atom is 0.123 e. The zero-order chi connectivity index (χ0) is 13.5. The van der Waals surface area contributed by atoms with Crippen molar-refractivity contribution >= 4 is 11.6 Å². The van der Waals surface area contributed by atoms with Crippen molar-refractivity contribution in [3.63, 3.8) is 0 Å². The molecule has 2 nitrogen and oxygen atoms in total. The Labute approximate surface area is 117 Å². The summed E-state index contributed by atoms with van der Waals surface area (Å²) in [5.41, 5.74) is 0.751. The zero-order valence-electron chi connectivity index (χ0n) is 10.4. The van der Waals surface area contributed by atoms with Gasteiger partial charge in [-0.3, -0.25) is 0 Å². The number of hydrogen-bond donors (Lipinski definition) is 1.